The lowest BCUT2D eigenvalue weighted by molar-refractivity contribution is -0.140. The number of hydrogen-bond acceptors (Lipinski definition) is 6. The van der Waals surface area contributed by atoms with Crippen molar-refractivity contribution >= 4 is 27.8 Å². The number of carbonyl (C=O) groups is 2. The monoisotopic (exact) mass is 523 g/mol. The van der Waals surface area contributed by atoms with Gasteiger partial charge in [-0.25, -0.2) is 0 Å². The van der Waals surface area contributed by atoms with Crippen LogP contribution in [0.2, 0.25) is 0 Å². The zero-order chi connectivity index (χ0) is 27.0. The van der Waals surface area contributed by atoms with Crippen molar-refractivity contribution in [1.29, 1.82) is 5.26 Å². The SMILES string of the molecule is CC(C)C(NS(=O)(=O)N1CCN(c2ccc(C#Cc3cccc(C(=O)NCC#N)c3)cc2)CC1)C(=O)O. The fraction of sp³-hybridized carbons (Fsp3) is 0.346. The molecule has 1 saturated heterocycles. The van der Waals surface area contributed by atoms with Crippen molar-refractivity contribution in [2.75, 3.05) is 37.6 Å². The summed E-state index contributed by atoms with van der Waals surface area (Å²) in [5.74, 6) is 4.19. The van der Waals surface area contributed by atoms with Crippen molar-refractivity contribution in [2.45, 2.75) is 19.9 Å². The minimum Gasteiger partial charge on any atom is -0.480 e. The Morgan fingerprint density at radius 1 is 1.03 bits per heavy atom. The molecule has 3 rings (SSSR count). The van der Waals surface area contributed by atoms with Crippen LogP contribution in [0.15, 0.2) is 48.5 Å². The van der Waals surface area contributed by atoms with Gasteiger partial charge in [0.2, 0.25) is 0 Å². The smallest absolute Gasteiger partial charge is 0.322 e. The fourth-order valence-corrected chi connectivity index (χ4v) is 5.24. The summed E-state index contributed by atoms with van der Waals surface area (Å²) in [6.45, 7) is 4.65. The molecule has 1 heterocycles. The first-order chi connectivity index (χ1) is 17.6. The van der Waals surface area contributed by atoms with Crippen molar-refractivity contribution in [3.63, 3.8) is 0 Å². The van der Waals surface area contributed by atoms with Gasteiger partial charge in [0, 0.05) is 48.6 Å². The number of carboxylic acid groups (broad SMARTS) is 1. The van der Waals surface area contributed by atoms with Crippen molar-refractivity contribution < 1.29 is 23.1 Å². The molecule has 1 aliphatic heterocycles. The number of rotatable bonds is 8. The number of aliphatic carboxylic acids is 1. The second kappa shape index (κ2) is 12.4. The number of amides is 1. The number of carbonyl (C=O) groups excluding carboxylic acids is 1. The molecule has 0 spiro atoms. The number of benzene rings is 2. The average Bonchev–Trinajstić information content (AvgIpc) is 2.89. The summed E-state index contributed by atoms with van der Waals surface area (Å²) in [5.41, 5.74) is 2.80. The van der Waals surface area contributed by atoms with Gasteiger partial charge in [-0.2, -0.15) is 22.7 Å². The Hall–Kier alpha value is -3.90. The summed E-state index contributed by atoms with van der Waals surface area (Å²) in [6.07, 6.45) is 0. The van der Waals surface area contributed by atoms with Crippen molar-refractivity contribution in [3.8, 4) is 17.9 Å². The molecule has 0 saturated carbocycles. The standard InChI is InChI=1S/C26H29N5O5S/c1-19(2)24(26(33)34)29-37(35,36)31-16-14-30(15-17-31)23-10-8-20(9-11-23)6-7-21-4-3-5-22(18-21)25(32)28-13-12-27/h3-5,8-11,18-19,24,29H,13-17H2,1-2H3,(H,28,32)(H,33,34). The molecular weight excluding hydrogens is 494 g/mol. The molecule has 0 bridgehead atoms. The Labute approximate surface area is 217 Å². The van der Waals surface area contributed by atoms with Gasteiger partial charge in [-0.15, -0.1) is 0 Å². The summed E-state index contributed by atoms with van der Waals surface area (Å²) in [6, 6.07) is 15.1. The number of anilines is 1. The van der Waals surface area contributed by atoms with E-state index in [1.165, 1.54) is 4.31 Å². The van der Waals surface area contributed by atoms with E-state index in [4.69, 9.17) is 5.26 Å². The number of piperazine rings is 1. The van der Waals surface area contributed by atoms with E-state index < -0.39 is 22.2 Å². The predicted molar refractivity (Wildman–Crippen MR) is 139 cm³/mol. The topological polar surface area (TPSA) is 143 Å². The van der Waals surface area contributed by atoms with Gasteiger partial charge in [0.25, 0.3) is 16.1 Å². The van der Waals surface area contributed by atoms with E-state index in [2.05, 4.69) is 26.8 Å². The van der Waals surface area contributed by atoms with Crippen LogP contribution in [0.1, 0.15) is 35.3 Å². The van der Waals surface area contributed by atoms with Gasteiger partial charge in [-0.1, -0.05) is 31.8 Å². The number of hydrogen-bond donors (Lipinski definition) is 3. The van der Waals surface area contributed by atoms with Gasteiger partial charge in [0.05, 0.1) is 6.07 Å². The molecule has 1 unspecified atom stereocenters. The van der Waals surface area contributed by atoms with E-state index >= 15 is 0 Å². The minimum atomic E-state index is -3.91. The lowest BCUT2D eigenvalue weighted by Gasteiger charge is -2.36. The summed E-state index contributed by atoms with van der Waals surface area (Å²) in [7, 11) is -3.91. The highest BCUT2D eigenvalue weighted by molar-refractivity contribution is 7.87. The number of carboxylic acids is 1. The van der Waals surface area contributed by atoms with Gasteiger partial charge in [-0.05, 0) is 48.4 Å². The molecule has 1 fully saturated rings. The minimum absolute atomic E-state index is 0.0633. The average molecular weight is 524 g/mol. The van der Waals surface area contributed by atoms with Crippen LogP contribution in [0.3, 0.4) is 0 Å². The summed E-state index contributed by atoms with van der Waals surface area (Å²) < 4.78 is 28.9. The second-order valence-corrected chi connectivity index (χ2v) is 10.5. The predicted octanol–water partition coefficient (Wildman–Crippen LogP) is 1.41. The maximum atomic E-state index is 12.7. The lowest BCUT2D eigenvalue weighted by atomic mass is 10.1. The number of nitrogens with zero attached hydrogens (tertiary/aromatic N) is 3. The Morgan fingerprint density at radius 2 is 1.68 bits per heavy atom. The van der Waals surface area contributed by atoms with Gasteiger partial charge in [0.15, 0.2) is 0 Å². The van der Waals surface area contributed by atoms with Gasteiger partial charge >= 0.3 is 5.97 Å². The van der Waals surface area contributed by atoms with Crippen LogP contribution in [0.4, 0.5) is 5.69 Å². The lowest BCUT2D eigenvalue weighted by Crippen LogP contribution is -2.55. The van der Waals surface area contributed by atoms with Crippen LogP contribution in [0.25, 0.3) is 0 Å². The molecule has 0 radical (unpaired) electrons. The van der Waals surface area contributed by atoms with Crippen LogP contribution < -0.4 is 14.9 Å². The van der Waals surface area contributed by atoms with Crippen LogP contribution in [0.5, 0.6) is 0 Å². The molecular formula is C26H29N5O5S. The molecule has 0 aliphatic carbocycles. The zero-order valence-electron chi connectivity index (χ0n) is 20.6. The molecule has 1 aliphatic rings. The van der Waals surface area contributed by atoms with Gasteiger partial charge in [0.1, 0.15) is 12.6 Å². The third-order valence-corrected chi connectivity index (χ3v) is 7.42. The zero-order valence-corrected chi connectivity index (χ0v) is 21.5. The largest absolute Gasteiger partial charge is 0.480 e. The third kappa shape index (κ3) is 7.54. The normalized spacial score (nSPS) is 14.8. The third-order valence-electron chi connectivity index (χ3n) is 5.82. The maximum absolute atomic E-state index is 12.7. The fourth-order valence-electron chi connectivity index (χ4n) is 3.75. The first kappa shape index (κ1) is 27.7. The maximum Gasteiger partial charge on any atom is 0.322 e. The van der Waals surface area contributed by atoms with E-state index in [0.29, 0.717) is 24.2 Å². The van der Waals surface area contributed by atoms with E-state index in [1.807, 2.05) is 30.3 Å². The molecule has 0 aromatic heterocycles. The summed E-state index contributed by atoms with van der Waals surface area (Å²) in [4.78, 5) is 25.5. The van der Waals surface area contributed by atoms with Gasteiger partial charge in [-0.3, -0.25) is 9.59 Å². The van der Waals surface area contributed by atoms with Crippen molar-refractivity contribution in [3.05, 3.63) is 65.2 Å². The van der Waals surface area contributed by atoms with Crippen LogP contribution in [0, 0.1) is 29.1 Å². The number of nitrogens with one attached hydrogen (secondary N) is 2. The first-order valence-corrected chi connectivity index (χ1v) is 13.2. The molecule has 10 nitrogen and oxygen atoms in total. The Bertz CT molecular complexity index is 1330. The molecule has 2 aromatic rings. The molecule has 2 aromatic carbocycles. The van der Waals surface area contributed by atoms with E-state index in [-0.39, 0.29) is 31.5 Å². The van der Waals surface area contributed by atoms with Gasteiger partial charge < -0.3 is 15.3 Å². The Balaban J connectivity index is 1.60. The Kier molecular flexibility index (Phi) is 9.25. The second-order valence-electron chi connectivity index (χ2n) is 8.79. The quantitative estimate of drug-likeness (QED) is 0.351. The van der Waals surface area contributed by atoms with E-state index in [1.54, 1.807) is 38.1 Å². The highest BCUT2D eigenvalue weighted by Gasteiger charge is 2.32. The number of nitriles is 1. The van der Waals surface area contributed by atoms with E-state index in [9.17, 15) is 23.1 Å². The molecule has 1 atom stereocenters. The highest BCUT2D eigenvalue weighted by Crippen LogP contribution is 2.19. The van der Waals surface area contributed by atoms with Crippen LogP contribution in [-0.2, 0) is 15.0 Å². The van der Waals surface area contributed by atoms with Crippen LogP contribution in [-0.4, -0.2) is 68.5 Å². The molecule has 194 valence electrons. The van der Waals surface area contributed by atoms with Crippen molar-refractivity contribution in [1.82, 2.24) is 14.3 Å². The highest BCUT2D eigenvalue weighted by atomic mass is 32.2. The molecule has 11 heteroatoms. The summed E-state index contributed by atoms with van der Waals surface area (Å²) in [5, 5.41) is 20.4. The first-order valence-electron chi connectivity index (χ1n) is 11.7. The molecule has 37 heavy (non-hydrogen) atoms. The summed E-state index contributed by atoms with van der Waals surface area (Å²) >= 11 is 0. The molecule has 3 N–H and O–H groups in total. The van der Waals surface area contributed by atoms with Crippen LogP contribution >= 0.6 is 0 Å². The van der Waals surface area contributed by atoms with Crippen molar-refractivity contribution in [2.24, 2.45) is 5.92 Å². The Morgan fingerprint density at radius 3 is 2.27 bits per heavy atom. The van der Waals surface area contributed by atoms with E-state index in [0.717, 1.165) is 11.3 Å². The molecule has 1 amide bonds.